The van der Waals surface area contributed by atoms with Gasteiger partial charge in [0, 0.05) is 5.88 Å². The summed E-state index contributed by atoms with van der Waals surface area (Å²) in [6.07, 6.45) is 1.18. The van der Waals surface area contributed by atoms with Crippen LogP contribution in [0.3, 0.4) is 0 Å². The summed E-state index contributed by atoms with van der Waals surface area (Å²) in [5.41, 5.74) is -0.950. The molecule has 106 valence electrons. The zero-order chi connectivity index (χ0) is 14.6. The number of carbonyl (C=O) groups is 1. The van der Waals surface area contributed by atoms with Gasteiger partial charge < -0.3 is 5.32 Å². The van der Waals surface area contributed by atoms with E-state index in [1.807, 2.05) is 13.8 Å². The fourth-order valence-corrected chi connectivity index (χ4v) is 2.26. The third-order valence-electron chi connectivity index (χ3n) is 3.50. The molecule has 0 aliphatic carbocycles. The number of hydrogen-bond donors (Lipinski definition) is 1. The highest BCUT2D eigenvalue weighted by molar-refractivity contribution is 6.19. The third-order valence-corrected chi connectivity index (χ3v) is 4.01. The van der Waals surface area contributed by atoms with Gasteiger partial charge in [-0.2, -0.15) is 0 Å². The molecule has 0 spiro atoms. The highest BCUT2D eigenvalue weighted by Gasteiger charge is 2.30. The SMILES string of the molecule is CCC(CC)(CCl)NC(=O)c1c(F)ccc(C)c1F. The number of aryl methyl sites for hydroxylation is 1. The largest absolute Gasteiger partial charge is 0.345 e. The number of hydrogen-bond acceptors (Lipinski definition) is 1. The topological polar surface area (TPSA) is 29.1 Å². The van der Waals surface area contributed by atoms with Gasteiger partial charge in [0.1, 0.15) is 17.2 Å². The van der Waals surface area contributed by atoms with Gasteiger partial charge in [-0.1, -0.05) is 19.9 Å². The zero-order valence-electron chi connectivity index (χ0n) is 11.3. The van der Waals surface area contributed by atoms with Crippen molar-refractivity contribution >= 4 is 17.5 Å². The molecular formula is C14H18ClF2NO. The smallest absolute Gasteiger partial charge is 0.257 e. The quantitative estimate of drug-likeness (QED) is 0.821. The van der Waals surface area contributed by atoms with Crippen LogP contribution in [0.15, 0.2) is 12.1 Å². The average Bonchev–Trinajstić information content (AvgIpc) is 2.41. The van der Waals surface area contributed by atoms with Crippen molar-refractivity contribution < 1.29 is 13.6 Å². The summed E-state index contributed by atoms with van der Waals surface area (Å²) in [4.78, 5) is 12.1. The van der Waals surface area contributed by atoms with Crippen LogP contribution >= 0.6 is 11.6 Å². The van der Waals surface area contributed by atoms with Gasteiger partial charge in [0.05, 0.1) is 5.54 Å². The van der Waals surface area contributed by atoms with Crippen LogP contribution in [-0.4, -0.2) is 17.3 Å². The summed E-state index contributed by atoms with van der Waals surface area (Å²) in [7, 11) is 0. The Hall–Kier alpha value is -1.16. The Morgan fingerprint density at radius 3 is 2.37 bits per heavy atom. The van der Waals surface area contributed by atoms with E-state index in [1.165, 1.54) is 13.0 Å². The van der Waals surface area contributed by atoms with E-state index in [1.54, 1.807) is 0 Å². The highest BCUT2D eigenvalue weighted by Crippen LogP contribution is 2.21. The normalized spacial score (nSPS) is 11.5. The Morgan fingerprint density at radius 2 is 1.89 bits per heavy atom. The second-order valence-electron chi connectivity index (χ2n) is 4.63. The van der Waals surface area contributed by atoms with Crippen molar-refractivity contribution in [3.05, 3.63) is 34.9 Å². The first-order valence-electron chi connectivity index (χ1n) is 6.23. The molecule has 0 aromatic heterocycles. The van der Waals surface area contributed by atoms with Gasteiger partial charge in [-0.25, -0.2) is 8.78 Å². The number of benzene rings is 1. The van der Waals surface area contributed by atoms with Crippen molar-refractivity contribution in [3.63, 3.8) is 0 Å². The first kappa shape index (κ1) is 15.9. The molecule has 1 N–H and O–H groups in total. The summed E-state index contributed by atoms with van der Waals surface area (Å²) < 4.78 is 27.5. The molecule has 0 radical (unpaired) electrons. The molecule has 0 bridgehead atoms. The van der Waals surface area contributed by atoms with Gasteiger partial charge in [0.25, 0.3) is 5.91 Å². The maximum absolute atomic E-state index is 13.9. The summed E-state index contributed by atoms with van der Waals surface area (Å²) >= 11 is 5.86. The summed E-state index contributed by atoms with van der Waals surface area (Å²) in [6.45, 7) is 5.23. The summed E-state index contributed by atoms with van der Waals surface area (Å²) in [6, 6.07) is 2.39. The highest BCUT2D eigenvalue weighted by atomic mass is 35.5. The van der Waals surface area contributed by atoms with E-state index in [2.05, 4.69) is 5.32 Å². The predicted octanol–water partition coefficient (Wildman–Crippen LogP) is 3.80. The van der Waals surface area contributed by atoms with Crippen LogP contribution in [0.25, 0.3) is 0 Å². The number of alkyl halides is 1. The molecule has 0 saturated carbocycles. The molecule has 0 saturated heterocycles. The minimum absolute atomic E-state index is 0.195. The lowest BCUT2D eigenvalue weighted by atomic mass is 9.94. The molecule has 1 aromatic carbocycles. The van der Waals surface area contributed by atoms with Crippen LogP contribution in [-0.2, 0) is 0 Å². The first-order valence-corrected chi connectivity index (χ1v) is 6.77. The lowest BCUT2D eigenvalue weighted by Gasteiger charge is -2.30. The maximum atomic E-state index is 13.9. The van der Waals surface area contributed by atoms with Gasteiger partial charge in [0.15, 0.2) is 0 Å². The van der Waals surface area contributed by atoms with E-state index in [0.29, 0.717) is 12.8 Å². The molecule has 19 heavy (non-hydrogen) atoms. The Balaban J connectivity index is 3.11. The van der Waals surface area contributed by atoms with E-state index in [9.17, 15) is 13.6 Å². The Kier molecular flexibility index (Phi) is 5.29. The molecule has 0 unspecified atom stereocenters. The van der Waals surface area contributed by atoms with Crippen molar-refractivity contribution in [3.8, 4) is 0 Å². The summed E-state index contributed by atoms with van der Waals surface area (Å²) in [5, 5.41) is 2.65. The maximum Gasteiger partial charge on any atom is 0.257 e. The Morgan fingerprint density at radius 1 is 1.32 bits per heavy atom. The molecule has 1 amide bonds. The second-order valence-corrected chi connectivity index (χ2v) is 4.90. The molecule has 5 heteroatoms. The summed E-state index contributed by atoms with van der Waals surface area (Å²) in [5.74, 6) is -2.26. The Labute approximate surface area is 117 Å². The number of carbonyl (C=O) groups excluding carboxylic acids is 1. The molecule has 1 rings (SSSR count). The Bertz CT molecular complexity index is 464. The van der Waals surface area contributed by atoms with Crippen LogP contribution in [0.2, 0.25) is 0 Å². The lowest BCUT2D eigenvalue weighted by Crippen LogP contribution is -2.49. The van der Waals surface area contributed by atoms with E-state index in [-0.39, 0.29) is 11.4 Å². The predicted molar refractivity (Wildman–Crippen MR) is 72.6 cm³/mol. The third kappa shape index (κ3) is 3.24. The van der Waals surface area contributed by atoms with Crippen LogP contribution in [0.4, 0.5) is 8.78 Å². The van der Waals surface area contributed by atoms with Crippen LogP contribution < -0.4 is 5.32 Å². The van der Waals surface area contributed by atoms with Gasteiger partial charge in [0.2, 0.25) is 0 Å². The van der Waals surface area contributed by atoms with Crippen molar-refractivity contribution in [2.45, 2.75) is 39.2 Å². The van der Waals surface area contributed by atoms with Crippen molar-refractivity contribution in [1.29, 1.82) is 0 Å². The number of nitrogens with one attached hydrogen (secondary N) is 1. The lowest BCUT2D eigenvalue weighted by molar-refractivity contribution is 0.0893. The molecule has 0 heterocycles. The zero-order valence-corrected chi connectivity index (χ0v) is 12.1. The van der Waals surface area contributed by atoms with E-state index in [0.717, 1.165) is 6.07 Å². The van der Waals surface area contributed by atoms with Crippen LogP contribution in [0.1, 0.15) is 42.6 Å². The fourth-order valence-electron chi connectivity index (χ4n) is 1.82. The molecule has 0 atom stereocenters. The van der Waals surface area contributed by atoms with Gasteiger partial charge >= 0.3 is 0 Å². The van der Waals surface area contributed by atoms with Crippen LogP contribution in [0.5, 0.6) is 0 Å². The second kappa shape index (κ2) is 6.33. The number of amides is 1. The molecule has 0 aliphatic heterocycles. The first-order chi connectivity index (χ1) is 8.90. The van der Waals surface area contributed by atoms with Gasteiger partial charge in [-0.3, -0.25) is 4.79 Å². The standard InChI is InChI=1S/C14H18ClF2NO/c1-4-14(5-2,8-15)18-13(19)11-10(16)7-6-9(3)12(11)17/h6-7H,4-5,8H2,1-3H3,(H,18,19). The minimum atomic E-state index is -0.865. The van der Waals surface area contributed by atoms with Gasteiger partial charge in [-0.05, 0) is 31.4 Å². The van der Waals surface area contributed by atoms with Crippen molar-refractivity contribution in [2.24, 2.45) is 0 Å². The molecule has 0 fully saturated rings. The van der Waals surface area contributed by atoms with Gasteiger partial charge in [-0.15, -0.1) is 11.6 Å². The van der Waals surface area contributed by atoms with Crippen LogP contribution in [0, 0.1) is 18.6 Å². The van der Waals surface area contributed by atoms with E-state index in [4.69, 9.17) is 11.6 Å². The van der Waals surface area contributed by atoms with Crippen molar-refractivity contribution in [1.82, 2.24) is 5.32 Å². The molecular weight excluding hydrogens is 272 g/mol. The number of halogens is 3. The minimum Gasteiger partial charge on any atom is -0.345 e. The van der Waals surface area contributed by atoms with E-state index < -0.39 is 28.6 Å². The van der Waals surface area contributed by atoms with E-state index >= 15 is 0 Å². The average molecular weight is 290 g/mol. The number of rotatable bonds is 5. The molecule has 0 aliphatic rings. The molecule has 1 aromatic rings. The fraction of sp³-hybridized carbons (Fsp3) is 0.500. The molecule has 2 nitrogen and oxygen atoms in total. The van der Waals surface area contributed by atoms with Crippen molar-refractivity contribution in [2.75, 3.05) is 5.88 Å². The monoisotopic (exact) mass is 289 g/mol.